The van der Waals surface area contributed by atoms with Gasteiger partial charge in [-0.05, 0) is 6.07 Å². The van der Waals surface area contributed by atoms with Crippen LogP contribution in [0.25, 0.3) is 0 Å². The molecule has 0 spiro atoms. The van der Waals surface area contributed by atoms with Crippen molar-refractivity contribution >= 4 is 5.97 Å². The van der Waals surface area contributed by atoms with Gasteiger partial charge in [0.25, 0.3) is 5.88 Å². The van der Waals surface area contributed by atoms with E-state index in [2.05, 4.69) is 4.98 Å². The second kappa shape index (κ2) is 2.78. The minimum Gasteiger partial charge on any atom is -0.478 e. The molecule has 0 aromatic carbocycles. The molecule has 0 unspecified atom stereocenters. The van der Waals surface area contributed by atoms with Crippen molar-refractivity contribution in [2.24, 2.45) is 0 Å². The Hall–Kier alpha value is -2.04. The zero-order valence-corrected chi connectivity index (χ0v) is 6.43. The molecule has 1 aromatic heterocycles. The van der Waals surface area contributed by atoms with Crippen molar-refractivity contribution < 1.29 is 19.4 Å². The highest BCUT2D eigenvalue weighted by Crippen LogP contribution is 2.31. The molecule has 0 atom stereocenters. The SMILES string of the molecule is O=C(O)c1ccnc2c1OC=CO2. The molecule has 0 amide bonds. The molecule has 2 heterocycles. The van der Waals surface area contributed by atoms with Crippen molar-refractivity contribution in [3.8, 4) is 11.6 Å². The molecule has 1 aliphatic heterocycles. The Labute approximate surface area is 73.2 Å². The van der Waals surface area contributed by atoms with Gasteiger partial charge in [-0.2, -0.15) is 0 Å². The summed E-state index contributed by atoms with van der Waals surface area (Å²) in [7, 11) is 0. The number of carboxylic acid groups (broad SMARTS) is 1. The van der Waals surface area contributed by atoms with E-state index in [1.807, 2.05) is 0 Å². The zero-order valence-electron chi connectivity index (χ0n) is 6.43. The summed E-state index contributed by atoms with van der Waals surface area (Å²) in [4.78, 5) is 14.5. The predicted molar refractivity (Wildman–Crippen MR) is 41.6 cm³/mol. The summed E-state index contributed by atoms with van der Waals surface area (Å²) in [5, 5.41) is 8.75. The normalized spacial score (nSPS) is 12.6. The monoisotopic (exact) mass is 179 g/mol. The number of aromatic carboxylic acids is 1. The fraction of sp³-hybridized carbons (Fsp3) is 0. The third-order valence-corrected chi connectivity index (χ3v) is 1.52. The number of carboxylic acids is 1. The smallest absolute Gasteiger partial charge is 0.339 e. The Balaban J connectivity index is 2.55. The quantitative estimate of drug-likeness (QED) is 0.697. The van der Waals surface area contributed by atoms with Crippen LogP contribution < -0.4 is 9.47 Å². The molecule has 13 heavy (non-hydrogen) atoms. The van der Waals surface area contributed by atoms with Crippen molar-refractivity contribution in [2.45, 2.75) is 0 Å². The second-order valence-electron chi connectivity index (χ2n) is 2.31. The summed E-state index contributed by atoms with van der Waals surface area (Å²) >= 11 is 0. The first-order valence-corrected chi connectivity index (χ1v) is 3.49. The predicted octanol–water partition coefficient (Wildman–Crippen LogP) is 1.02. The number of aromatic nitrogens is 1. The largest absolute Gasteiger partial charge is 0.478 e. The van der Waals surface area contributed by atoms with Crippen LogP contribution in [0.4, 0.5) is 0 Å². The van der Waals surface area contributed by atoms with Gasteiger partial charge >= 0.3 is 5.97 Å². The summed E-state index contributed by atoms with van der Waals surface area (Å²) in [6.07, 6.45) is 3.90. The summed E-state index contributed by atoms with van der Waals surface area (Å²) in [6, 6.07) is 1.35. The maximum atomic E-state index is 10.7. The van der Waals surface area contributed by atoms with Crippen LogP contribution in [0.3, 0.4) is 0 Å². The topological polar surface area (TPSA) is 68.7 Å². The maximum Gasteiger partial charge on any atom is 0.339 e. The molecule has 2 rings (SSSR count). The number of fused-ring (bicyclic) bond motifs is 1. The number of nitrogens with zero attached hydrogens (tertiary/aromatic N) is 1. The lowest BCUT2D eigenvalue weighted by atomic mass is 10.2. The van der Waals surface area contributed by atoms with Gasteiger partial charge in [0.15, 0.2) is 0 Å². The highest BCUT2D eigenvalue weighted by atomic mass is 16.5. The van der Waals surface area contributed by atoms with Crippen LogP contribution in [-0.2, 0) is 0 Å². The van der Waals surface area contributed by atoms with Crippen LogP contribution in [0, 0.1) is 0 Å². The van der Waals surface area contributed by atoms with Crippen molar-refractivity contribution in [3.05, 3.63) is 30.4 Å². The highest BCUT2D eigenvalue weighted by molar-refractivity contribution is 5.91. The Morgan fingerprint density at radius 1 is 1.38 bits per heavy atom. The average Bonchev–Trinajstić information content (AvgIpc) is 2.17. The van der Waals surface area contributed by atoms with E-state index in [4.69, 9.17) is 14.6 Å². The van der Waals surface area contributed by atoms with Crippen molar-refractivity contribution in [1.82, 2.24) is 4.98 Å². The molecule has 66 valence electrons. The number of pyridine rings is 1. The molecule has 0 saturated heterocycles. The van der Waals surface area contributed by atoms with Crippen LogP contribution in [0.2, 0.25) is 0 Å². The van der Waals surface area contributed by atoms with Crippen molar-refractivity contribution in [1.29, 1.82) is 0 Å². The first-order chi connectivity index (χ1) is 6.29. The van der Waals surface area contributed by atoms with Gasteiger partial charge in [-0.1, -0.05) is 0 Å². The van der Waals surface area contributed by atoms with E-state index in [0.29, 0.717) is 0 Å². The standard InChI is InChI=1S/C8H5NO4/c10-8(11)5-1-2-9-7-6(5)12-3-4-13-7/h1-4H,(H,10,11). The van der Waals surface area contributed by atoms with Crippen LogP contribution in [0.5, 0.6) is 11.6 Å². The molecule has 0 aliphatic carbocycles. The number of hydrogen-bond donors (Lipinski definition) is 1. The molecule has 0 radical (unpaired) electrons. The zero-order chi connectivity index (χ0) is 9.26. The van der Waals surface area contributed by atoms with E-state index >= 15 is 0 Å². The van der Waals surface area contributed by atoms with Gasteiger partial charge in [0, 0.05) is 6.20 Å². The molecular formula is C8H5NO4. The fourth-order valence-electron chi connectivity index (χ4n) is 0.983. The van der Waals surface area contributed by atoms with E-state index in [9.17, 15) is 4.79 Å². The Kier molecular flexibility index (Phi) is 1.63. The Morgan fingerprint density at radius 3 is 2.92 bits per heavy atom. The lowest BCUT2D eigenvalue weighted by molar-refractivity contribution is 0.0692. The van der Waals surface area contributed by atoms with E-state index in [-0.39, 0.29) is 17.2 Å². The lowest BCUT2D eigenvalue weighted by Crippen LogP contribution is -2.05. The summed E-state index contributed by atoms with van der Waals surface area (Å²) in [5.41, 5.74) is 0.0364. The summed E-state index contributed by atoms with van der Waals surface area (Å²) in [5.74, 6) is -0.766. The molecule has 0 fully saturated rings. The van der Waals surface area contributed by atoms with E-state index in [1.54, 1.807) is 0 Å². The lowest BCUT2D eigenvalue weighted by Gasteiger charge is -2.12. The van der Waals surface area contributed by atoms with Crippen LogP contribution in [-0.4, -0.2) is 16.1 Å². The average molecular weight is 179 g/mol. The van der Waals surface area contributed by atoms with Crippen LogP contribution in [0.1, 0.15) is 10.4 Å². The second-order valence-corrected chi connectivity index (χ2v) is 2.31. The van der Waals surface area contributed by atoms with Crippen LogP contribution >= 0.6 is 0 Å². The van der Waals surface area contributed by atoms with E-state index in [1.165, 1.54) is 24.8 Å². The Bertz CT molecular complexity index is 386. The molecule has 1 aliphatic rings. The number of hydrogen-bond acceptors (Lipinski definition) is 4. The highest BCUT2D eigenvalue weighted by Gasteiger charge is 2.18. The number of ether oxygens (including phenoxy) is 2. The van der Waals surface area contributed by atoms with Gasteiger partial charge in [0.2, 0.25) is 5.75 Å². The van der Waals surface area contributed by atoms with Gasteiger partial charge in [-0.3, -0.25) is 0 Å². The molecular weight excluding hydrogens is 174 g/mol. The van der Waals surface area contributed by atoms with Gasteiger partial charge in [-0.15, -0.1) is 0 Å². The minimum atomic E-state index is -1.07. The molecule has 1 aromatic rings. The minimum absolute atomic E-state index is 0.0364. The van der Waals surface area contributed by atoms with Crippen molar-refractivity contribution in [3.63, 3.8) is 0 Å². The van der Waals surface area contributed by atoms with Gasteiger partial charge < -0.3 is 14.6 Å². The van der Waals surface area contributed by atoms with Crippen molar-refractivity contribution in [2.75, 3.05) is 0 Å². The maximum absolute atomic E-state index is 10.7. The Morgan fingerprint density at radius 2 is 2.15 bits per heavy atom. The van der Waals surface area contributed by atoms with E-state index in [0.717, 1.165) is 0 Å². The third-order valence-electron chi connectivity index (χ3n) is 1.52. The first kappa shape index (κ1) is 7.60. The molecule has 0 saturated carbocycles. The molecule has 5 heteroatoms. The van der Waals surface area contributed by atoms with Gasteiger partial charge in [0.1, 0.15) is 18.1 Å². The molecule has 1 N–H and O–H groups in total. The summed E-state index contributed by atoms with van der Waals surface area (Å²) < 4.78 is 9.90. The molecule has 5 nitrogen and oxygen atoms in total. The molecule has 0 bridgehead atoms. The van der Waals surface area contributed by atoms with Crippen LogP contribution in [0.15, 0.2) is 24.8 Å². The van der Waals surface area contributed by atoms with Gasteiger partial charge in [0.05, 0.1) is 0 Å². The van der Waals surface area contributed by atoms with Gasteiger partial charge in [-0.25, -0.2) is 9.78 Å². The van der Waals surface area contributed by atoms with E-state index < -0.39 is 5.97 Å². The summed E-state index contributed by atoms with van der Waals surface area (Å²) in [6.45, 7) is 0. The third kappa shape index (κ3) is 1.20. The fourth-order valence-corrected chi connectivity index (χ4v) is 0.983. The number of carbonyl (C=O) groups is 1. The first-order valence-electron chi connectivity index (χ1n) is 3.49. The number of rotatable bonds is 1.